The molecule has 3 fully saturated rings. The number of carbonyl (C=O) groups excluding carboxylic acids is 3. The molecule has 2 saturated heterocycles. The standard InChI is InChI=1S/C21H23F4N3O5/c22-13-7-14(28-11-15-10-26-5-6-27(15)20(28)31)9-17(8-13)32-16-3-1-12(2-4-16)18(29)33-19(30)21(23,24)25/h7-9,12,15-16,26H,1-6,10-11H2/t12?,15-,16?/m0/s1. The number of urea groups is 1. The lowest BCUT2D eigenvalue weighted by Crippen LogP contribution is -2.49. The number of amides is 2. The molecule has 0 unspecified atom stereocenters. The first-order valence-electron chi connectivity index (χ1n) is 10.7. The van der Waals surface area contributed by atoms with Gasteiger partial charge < -0.3 is 19.7 Å². The van der Waals surface area contributed by atoms with Gasteiger partial charge in [0.05, 0.1) is 23.8 Å². The maximum Gasteiger partial charge on any atom is 0.491 e. The van der Waals surface area contributed by atoms with Crippen LogP contribution in [0.3, 0.4) is 0 Å². The van der Waals surface area contributed by atoms with E-state index in [0.717, 1.165) is 0 Å². The van der Waals surface area contributed by atoms with Crippen LogP contribution in [0.15, 0.2) is 18.2 Å². The number of nitrogens with one attached hydrogen (secondary N) is 1. The van der Waals surface area contributed by atoms with Gasteiger partial charge in [-0.3, -0.25) is 9.69 Å². The summed E-state index contributed by atoms with van der Waals surface area (Å²) in [6, 6.07) is 3.86. The first-order valence-corrected chi connectivity index (χ1v) is 10.7. The number of fused-ring (bicyclic) bond motifs is 1. The molecule has 0 bridgehead atoms. The number of nitrogens with zero attached hydrogens (tertiary/aromatic N) is 2. The summed E-state index contributed by atoms with van der Waals surface area (Å²) in [5, 5.41) is 3.23. The Bertz CT molecular complexity index is 933. The number of ether oxygens (including phenoxy) is 2. The Kier molecular flexibility index (Phi) is 6.46. The number of piperazine rings is 1. The maximum absolute atomic E-state index is 14.3. The largest absolute Gasteiger partial charge is 0.491 e. The second-order valence-corrected chi connectivity index (χ2v) is 8.39. The molecule has 1 aromatic carbocycles. The van der Waals surface area contributed by atoms with Crippen LogP contribution in [0, 0.1) is 11.7 Å². The van der Waals surface area contributed by atoms with Crippen LogP contribution in [-0.4, -0.2) is 67.4 Å². The topological polar surface area (TPSA) is 88.2 Å². The van der Waals surface area contributed by atoms with Gasteiger partial charge in [-0.15, -0.1) is 0 Å². The van der Waals surface area contributed by atoms with E-state index in [9.17, 15) is 31.9 Å². The molecule has 8 nitrogen and oxygen atoms in total. The second-order valence-electron chi connectivity index (χ2n) is 8.39. The third kappa shape index (κ3) is 5.21. The summed E-state index contributed by atoms with van der Waals surface area (Å²) in [7, 11) is 0. The number of hydrogen-bond donors (Lipinski definition) is 1. The minimum Gasteiger partial charge on any atom is -0.490 e. The van der Waals surface area contributed by atoms with Crippen molar-refractivity contribution in [2.75, 3.05) is 31.1 Å². The summed E-state index contributed by atoms with van der Waals surface area (Å²) in [4.78, 5) is 38.6. The quantitative estimate of drug-likeness (QED) is 0.411. The summed E-state index contributed by atoms with van der Waals surface area (Å²) in [6.45, 7) is 2.38. The van der Waals surface area contributed by atoms with E-state index < -0.39 is 36.0 Å². The summed E-state index contributed by atoms with van der Waals surface area (Å²) in [6.07, 6.45) is -4.65. The Morgan fingerprint density at radius 2 is 1.82 bits per heavy atom. The number of anilines is 1. The highest BCUT2D eigenvalue weighted by Gasteiger charge is 2.44. The molecule has 2 heterocycles. The normalized spacial score (nSPS) is 25.6. The van der Waals surface area contributed by atoms with Crippen LogP contribution in [0.1, 0.15) is 25.7 Å². The van der Waals surface area contributed by atoms with Crippen LogP contribution in [0.4, 0.5) is 28.0 Å². The minimum absolute atomic E-state index is 0.0122. The van der Waals surface area contributed by atoms with Crippen molar-refractivity contribution in [2.45, 2.75) is 44.0 Å². The first-order chi connectivity index (χ1) is 15.6. The van der Waals surface area contributed by atoms with Gasteiger partial charge >= 0.3 is 24.1 Å². The van der Waals surface area contributed by atoms with Crippen molar-refractivity contribution in [3.8, 4) is 5.75 Å². The number of esters is 2. The molecule has 2 aliphatic heterocycles. The van der Waals surface area contributed by atoms with E-state index in [0.29, 0.717) is 44.7 Å². The van der Waals surface area contributed by atoms with Crippen molar-refractivity contribution in [3.63, 3.8) is 0 Å². The third-order valence-corrected chi connectivity index (χ3v) is 6.12. The van der Waals surface area contributed by atoms with Crippen molar-refractivity contribution in [1.82, 2.24) is 10.2 Å². The van der Waals surface area contributed by atoms with Crippen LogP contribution >= 0.6 is 0 Å². The number of carbonyl (C=O) groups is 3. The predicted molar refractivity (Wildman–Crippen MR) is 106 cm³/mol. The van der Waals surface area contributed by atoms with E-state index in [1.54, 1.807) is 11.0 Å². The van der Waals surface area contributed by atoms with Gasteiger partial charge in [0.2, 0.25) is 0 Å². The fourth-order valence-electron chi connectivity index (χ4n) is 4.45. The average Bonchev–Trinajstić information content (AvgIpc) is 3.10. The predicted octanol–water partition coefficient (Wildman–Crippen LogP) is 2.61. The fourth-order valence-corrected chi connectivity index (χ4v) is 4.45. The van der Waals surface area contributed by atoms with Gasteiger partial charge in [0.15, 0.2) is 0 Å². The first kappa shape index (κ1) is 23.3. The molecule has 4 rings (SSSR count). The Morgan fingerprint density at radius 3 is 2.48 bits per heavy atom. The highest BCUT2D eigenvalue weighted by molar-refractivity contribution is 5.95. The maximum atomic E-state index is 14.3. The van der Waals surface area contributed by atoms with Gasteiger partial charge in [0.1, 0.15) is 11.6 Å². The van der Waals surface area contributed by atoms with Gasteiger partial charge in [-0.2, -0.15) is 13.2 Å². The molecule has 1 atom stereocenters. The van der Waals surface area contributed by atoms with Gasteiger partial charge in [-0.05, 0) is 31.7 Å². The van der Waals surface area contributed by atoms with Crippen LogP contribution in [0.2, 0.25) is 0 Å². The van der Waals surface area contributed by atoms with Crippen LogP contribution in [0.25, 0.3) is 0 Å². The molecule has 1 aliphatic carbocycles. The van der Waals surface area contributed by atoms with Crippen LogP contribution < -0.4 is 15.0 Å². The second kappa shape index (κ2) is 9.16. The molecule has 1 saturated carbocycles. The van der Waals surface area contributed by atoms with Crippen molar-refractivity contribution in [3.05, 3.63) is 24.0 Å². The van der Waals surface area contributed by atoms with Gasteiger partial charge in [-0.1, -0.05) is 0 Å². The molecule has 180 valence electrons. The van der Waals surface area contributed by atoms with E-state index >= 15 is 0 Å². The Labute approximate surface area is 186 Å². The van der Waals surface area contributed by atoms with E-state index in [1.807, 2.05) is 0 Å². The molecule has 2 amide bonds. The molecule has 0 aromatic heterocycles. The zero-order chi connectivity index (χ0) is 23.8. The van der Waals surface area contributed by atoms with E-state index in [-0.39, 0.29) is 30.7 Å². The minimum atomic E-state index is -5.23. The highest BCUT2D eigenvalue weighted by Crippen LogP contribution is 2.33. The third-order valence-electron chi connectivity index (χ3n) is 6.12. The van der Waals surface area contributed by atoms with Crippen LogP contribution in [0.5, 0.6) is 5.75 Å². The molecule has 1 N–H and O–H groups in total. The molecule has 12 heteroatoms. The lowest BCUT2D eigenvalue weighted by molar-refractivity contribution is -0.203. The molecular weight excluding hydrogens is 450 g/mol. The van der Waals surface area contributed by atoms with E-state index in [2.05, 4.69) is 10.1 Å². The van der Waals surface area contributed by atoms with Crippen molar-refractivity contribution in [1.29, 1.82) is 0 Å². The Balaban J connectivity index is 1.35. The van der Waals surface area contributed by atoms with E-state index in [4.69, 9.17) is 4.74 Å². The van der Waals surface area contributed by atoms with Crippen molar-refractivity contribution < 1.29 is 41.4 Å². The Hall–Kier alpha value is -2.89. The summed E-state index contributed by atoms with van der Waals surface area (Å²) in [5.41, 5.74) is 0.382. The molecular formula is C21H23F4N3O5. The number of benzene rings is 1. The molecule has 1 aromatic rings. The molecule has 0 radical (unpaired) electrons. The van der Waals surface area contributed by atoms with Gasteiger partial charge in [0, 0.05) is 38.3 Å². The zero-order valence-corrected chi connectivity index (χ0v) is 17.6. The molecule has 0 spiro atoms. The number of rotatable bonds is 4. The van der Waals surface area contributed by atoms with Crippen LogP contribution in [-0.2, 0) is 14.3 Å². The zero-order valence-electron chi connectivity index (χ0n) is 17.6. The average molecular weight is 473 g/mol. The summed E-state index contributed by atoms with van der Waals surface area (Å²) >= 11 is 0. The smallest absolute Gasteiger partial charge is 0.490 e. The number of halogens is 4. The monoisotopic (exact) mass is 473 g/mol. The van der Waals surface area contributed by atoms with Gasteiger partial charge in [-0.25, -0.2) is 14.0 Å². The lowest BCUT2D eigenvalue weighted by atomic mass is 9.87. The number of alkyl halides is 3. The van der Waals surface area contributed by atoms with Crippen molar-refractivity contribution in [2.24, 2.45) is 5.92 Å². The van der Waals surface area contributed by atoms with Gasteiger partial charge in [0.25, 0.3) is 0 Å². The SMILES string of the molecule is O=C(OC(=O)C(F)(F)F)C1CCC(Oc2cc(F)cc(N3C[C@@H]4CNCCN4C3=O)c2)CC1. The Morgan fingerprint density at radius 1 is 1.09 bits per heavy atom. The summed E-state index contributed by atoms with van der Waals surface area (Å²) < 4.78 is 60.8. The molecule has 33 heavy (non-hydrogen) atoms. The lowest BCUT2D eigenvalue weighted by Gasteiger charge is -2.28. The summed E-state index contributed by atoms with van der Waals surface area (Å²) in [5.74, 6) is -4.92. The molecule has 3 aliphatic rings. The highest BCUT2D eigenvalue weighted by atomic mass is 19.4. The van der Waals surface area contributed by atoms with E-state index in [1.165, 1.54) is 17.0 Å². The number of hydrogen-bond acceptors (Lipinski definition) is 6. The fraction of sp³-hybridized carbons (Fsp3) is 0.571. The van der Waals surface area contributed by atoms with Crippen molar-refractivity contribution >= 4 is 23.7 Å².